The minimum Gasteiger partial charge on any atom is -0.442 e. The van der Waals surface area contributed by atoms with Crippen LogP contribution in [0.15, 0.2) is 30.5 Å². The van der Waals surface area contributed by atoms with Gasteiger partial charge >= 0.3 is 6.09 Å². The molecule has 0 saturated carbocycles. The zero-order valence-corrected chi connectivity index (χ0v) is 11.1. The molecule has 6 nitrogen and oxygen atoms in total. The largest absolute Gasteiger partial charge is 0.442 e. The molecule has 0 fully saturated rings. The van der Waals surface area contributed by atoms with Gasteiger partial charge in [-0.3, -0.25) is 4.98 Å². The molecule has 0 saturated heterocycles. The highest BCUT2D eigenvalue weighted by molar-refractivity contribution is 5.87. The summed E-state index contributed by atoms with van der Waals surface area (Å²) in [6.07, 6.45) is 1.03. The minimum atomic E-state index is -0.650. The zero-order valence-electron chi connectivity index (χ0n) is 11.1. The summed E-state index contributed by atoms with van der Waals surface area (Å²) in [6.45, 7) is 5.32. The van der Waals surface area contributed by atoms with Crippen molar-refractivity contribution >= 4 is 22.9 Å². The molecule has 2 heterocycles. The number of carbonyl (C=O) groups excluding carboxylic acids is 1. The lowest BCUT2D eigenvalue weighted by atomic mass is 10.2. The molecular formula is C13H16N4O2. The number of carbonyl (C=O) groups is 1. The van der Waals surface area contributed by atoms with Crippen molar-refractivity contribution in [2.45, 2.75) is 26.4 Å². The molecule has 0 bridgehead atoms. The number of ether oxygens (including phenoxy) is 1. The second kappa shape index (κ2) is 4.81. The van der Waals surface area contributed by atoms with Crippen molar-refractivity contribution < 1.29 is 9.53 Å². The maximum atomic E-state index is 11.8. The number of rotatable bonds is 1. The van der Waals surface area contributed by atoms with E-state index < -0.39 is 11.7 Å². The number of nitrogens with two attached hydrogens (primary N) is 1. The molecule has 2 rings (SSSR count). The molecule has 0 aliphatic heterocycles. The molecule has 0 radical (unpaired) electrons. The van der Waals surface area contributed by atoms with Crippen LogP contribution in [0.1, 0.15) is 20.8 Å². The third-order valence-electron chi connectivity index (χ3n) is 2.28. The predicted molar refractivity (Wildman–Crippen MR) is 72.4 cm³/mol. The van der Waals surface area contributed by atoms with Crippen LogP contribution >= 0.6 is 0 Å². The van der Waals surface area contributed by atoms with Gasteiger partial charge in [-0.1, -0.05) is 0 Å². The van der Waals surface area contributed by atoms with Gasteiger partial charge < -0.3 is 4.74 Å². The summed E-state index contributed by atoms with van der Waals surface area (Å²) in [5.41, 5.74) is 0.801. The Morgan fingerprint density at radius 2 is 2.00 bits per heavy atom. The second-order valence-electron chi connectivity index (χ2n) is 5.06. The van der Waals surface area contributed by atoms with E-state index in [0.717, 1.165) is 10.5 Å². The average Bonchev–Trinajstić information content (AvgIpc) is 2.35. The first kappa shape index (κ1) is 13.2. The van der Waals surface area contributed by atoms with Crippen LogP contribution in [0.25, 0.3) is 11.0 Å². The summed E-state index contributed by atoms with van der Waals surface area (Å²) in [5.74, 6) is 6.03. The summed E-state index contributed by atoms with van der Waals surface area (Å²) in [6, 6.07) is 6.95. The van der Waals surface area contributed by atoms with Crippen LogP contribution in [-0.4, -0.2) is 21.7 Å². The van der Waals surface area contributed by atoms with E-state index in [9.17, 15) is 4.79 Å². The van der Waals surface area contributed by atoms with Gasteiger partial charge in [0.25, 0.3) is 0 Å². The van der Waals surface area contributed by atoms with Gasteiger partial charge in [-0.05, 0) is 45.0 Å². The van der Waals surface area contributed by atoms with Crippen LogP contribution in [0.4, 0.5) is 10.6 Å². The van der Waals surface area contributed by atoms with Gasteiger partial charge in [0.15, 0.2) is 5.82 Å². The Balaban J connectivity index is 2.26. The Labute approximate surface area is 111 Å². The molecule has 0 aliphatic rings. The van der Waals surface area contributed by atoms with Crippen molar-refractivity contribution in [3.8, 4) is 0 Å². The van der Waals surface area contributed by atoms with E-state index in [4.69, 9.17) is 10.6 Å². The molecule has 6 heteroatoms. The Bertz CT molecular complexity index is 607. The molecule has 0 aromatic carbocycles. The summed E-state index contributed by atoms with van der Waals surface area (Å²) in [4.78, 5) is 20.2. The fourth-order valence-electron chi connectivity index (χ4n) is 1.48. The van der Waals surface area contributed by atoms with Crippen molar-refractivity contribution in [2.75, 3.05) is 5.01 Å². The SMILES string of the molecule is CC(C)(C)OC(=O)N(N)c1ccc2ncccc2n1. The molecule has 2 aromatic heterocycles. The molecule has 0 unspecified atom stereocenters. The van der Waals surface area contributed by atoms with Crippen molar-refractivity contribution in [3.05, 3.63) is 30.5 Å². The smallest absolute Gasteiger partial charge is 0.430 e. The monoisotopic (exact) mass is 260 g/mol. The fourth-order valence-corrected chi connectivity index (χ4v) is 1.48. The fraction of sp³-hybridized carbons (Fsp3) is 0.308. The molecule has 0 aliphatic carbocycles. The van der Waals surface area contributed by atoms with E-state index in [2.05, 4.69) is 9.97 Å². The van der Waals surface area contributed by atoms with Gasteiger partial charge in [0.1, 0.15) is 5.60 Å². The Morgan fingerprint density at radius 3 is 2.68 bits per heavy atom. The third-order valence-corrected chi connectivity index (χ3v) is 2.28. The van der Waals surface area contributed by atoms with Gasteiger partial charge in [0.05, 0.1) is 11.0 Å². The molecule has 100 valence electrons. The standard InChI is InChI=1S/C13H16N4O2/c1-13(2,3)19-12(18)17(14)11-7-6-9-10(16-11)5-4-8-15-9/h4-8H,14H2,1-3H3. The number of hydrogen-bond acceptors (Lipinski definition) is 5. The number of anilines is 1. The van der Waals surface area contributed by atoms with Crippen LogP contribution in [0.2, 0.25) is 0 Å². The van der Waals surface area contributed by atoms with E-state index in [1.54, 1.807) is 51.2 Å². The van der Waals surface area contributed by atoms with Crippen LogP contribution in [0.3, 0.4) is 0 Å². The molecule has 0 atom stereocenters. The first-order valence-corrected chi connectivity index (χ1v) is 5.86. The number of fused-ring (bicyclic) bond motifs is 1. The number of aromatic nitrogens is 2. The van der Waals surface area contributed by atoms with Crippen LogP contribution in [0.5, 0.6) is 0 Å². The van der Waals surface area contributed by atoms with Crippen molar-refractivity contribution in [1.82, 2.24) is 9.97 Å². The normalized spacial score (nSPS) is 11.4. The van der Waals surface area contributed by atoms with Gasteiger partial charge in [-0.2, -0.15) is 5.01 Å². The molecule has 1 amide bonds. The van der Waals surface area contributed by atoms with E-state index in [1.165, 1.54) is 0 Å². The third kappa shape index (κ3) is 3.17. The Morgan fingerprint density at radius 1 is 1.26 bits per heavy atom. The quantitative estimate of drug-likeness (QED) is 0.483. The van der Waals surface area contributed by atoms with E-state index in [-0.39, 0.29) is 0 Å². The minimum absolute atomic E-state index is 0.315. The number of hydrazine groups is 1. The number of hydrogen-bond donors (Lipinski definition) is 1. The Kier molecular flexibility index (Phi) is 3.35. The molecule has 2 N–H and O–H groups in total. The average molecular weight is 260 g/mol. The van der Waals surface area contributed by atoms with Crippen molar-refractivity contribution in [3.63, 3.8) is 0 Å². The van der Waals surface area contributed by atoms with Crippen LogP contribution < -0.4 is 10.9 Å². The maximum absolute atomic E-state index is 11.8. The van der Waals surface area contributed by atoms with E-state index in [1.807, 2.05) is 0 Å². The topological polar surface area (TPSA) is 81.3 Å². The molecule has 0 spiro atoms. The zero-order chi connectivity index (χ0) is 14.0. The first-order chi connectivity index (χ1) is 8.87. The van der Waals surface area contributed by atoms with Gasteiger partial charge in [-0.15, -0.1) is 0 Å². The summed E-state index contributed by atoms with van der Waals surface area (Å²) < 4.78 is 5.17. The maximum Gasteiger partial charge on any atom is 0.430 e. The summed E-state index contributed by atoms with van der Waals surface area (Å²) >= 11 is 0. The molecular weight excluding hydrogens is 244 g/mol. The highest BCUT2D eigenvalue weighted by Gasteiger charge is 2.22. The lowest BCUT2D eigenvalue weighted by molar-refractivity contribution is 0.0579. The lowest BCUT2D eigenvalue weighted by Gasteiger charge is -2.23. The number of pyridine rings is 2. The summed E-state index contributed by atoms with van der Waals surface area (Å²) in [7, 11) is 0. The van der Waals surface area contributed by atoms with Crippen LogP contribution in [0, 0.1) is 0 Å². The number of amides is 1. The van der Waals surface area contributed by atoms with E-state index >= 15 is 0 Å². The highest BCUT2D eigenvalue weighted by Crippen LogP contribution is 2.16. The lowest BCUT2D eigenvalue weighted by Crippen LogP contribution is -2.42. The van der Waals surface area contributed by atoms with E-state index in [0.29, 0.717) is 11.3 Å². The highest BCUT2D eigenvalue weighted by atomic mass is 16.6. The van der Waals surface area contributed by atoms with Gasteiger partial charge in [0.2, 0.25) is 0 Å². The van der Waals surface area contributed by atoms with Crippen molar-refractivity contribution in [1.29, 1.82) is 0 Å². The first-order valence-electron chi connectivity index (χ1n) is 5.86. The second-order valence-corrected chi connectivity index (χ2v) is 5.06. The van der Waals surface area contributed by atoms with Gasteiger partial charge in [0, 0.05) is 6.20 Å². The van der Waals surface area contributed by atoms with Crippen LogP contribution in [-0.2, 0) is 4.74 Å². The van der Waals surface area contributed by atoms with Crippen molar-refractivity contribution in [2.24, 2.45) is 5.84 Å². The number of nitrogens with zero attached hydrogens (tertiary/aromatic N) is 3. The molecule has 19 heavy (non-hydrogen) atoms. The molecule has 2 aromatic rings. The van der Waals surface area contributed by atoms with Gasteiger partial charge in [-0.25, -0.2) is 15.6 Å². The summed E-state index contributed by atoms with van der Waals surface area (Å²) in [5, 5.41) is 0.887. The predicted octanol–water partition coefficient (Wildman–Crippen LogP) is 2.25. The Hall–Kier alpha value is -2.21.